The van der Waals surface area contributed by atoms with Crippen LogP contribution in [-0.4, -0.2) is 19.1 Å². The van der Waals surface area contributed by atoms with Crippen molar-refractivity contribution < 1.29 is 0 Å². The number of benzene rings is 1. The zero-order valence-corrected chi connectivity index (χ0v) is 12.9. The summed E-state index contributed by atoms with van der Waals surface area (Å²) in [6, 6.07) is 9.35. The van der Waals surface area contributed by atoms with Crippen LogP contribution in [0.2, 0.25) is 0 Å². The Labute approximate surface area is 128 Å². The van der Waals surface area contributed by atoms with Crippen LogP contribution < -0.4 is 10.6 Å². The summed E-state index contributed by atoms with van der Waals surface area (Å²) < 4.78 is 0. The minimum atomic E-state index is 0.485. The van der Waals surface area contributed by atoms with E-state index in [0.29, 0.717) is 24.4 Å². The number of hydrogen-bond acceptors (Lipinski definition) is 2. The van der Waals surface area contributed by atoms with E-state index in [1.807, 2.05) is 0 Å². The summed E-state index contributed by atoms with van der Waals surface area (Å²) in [5, 5.41) is 0. The van der Waals surface area contributed by atoms with Crippen molar-refractivity contribution in [3.05, 3.63) is 54.1 Å². The first-order valence-corrected chi connectivity index (χ1v) is 8.21. The van der Waals surface area contributed by atoms with Gasteiger partial charge in [-0.15, -0.1) is 0 Å². The molecule has 112 valence electrons. The number of nitrogens with zero attached hydrogens (tertiary/aromatic N) is 1. The van der Waals surface area contributed by atoms with E-state index in [1.165, 1.54) is 30.5 Å². The van der Waals surface area contributed by atoms with Gasteiger partial charge in [0.2, 0.25) is 0 Å². The van der Waals surface area contributed by atoms with Crippen molar-refractivity contribution in [2.75, 3.05) is 18.0 Å². The van der Waals surface area contributed by atoms with E-state index in [0.717, 1.165) is 6.54 Å². The fourth-order valence-electron chi connectivity index (χ4n) is 3.90. The summed E-state index contributed by atoms with van der Waals surface area (Å²) in [6.45, 7) is 3.99. The van der Waals surface area contributed by atoms with E-state index >= 15 is 0 Å². The maximum Gasteiger partial charge on any atom is 0.0401 e. The average Bonchev–Trinajstić information content (AvgIpc) is 2.58. The summed E-state index contributed by atoms with van der Waals surface area (Å²) in [4.78, 5) is 2.53. The molecule has 0 saturated heterocycles. The van der Waals surface area contributed by atoms with Gasteiger partial charge in [0.1, 0.15) is 0 Å². The molecule has 0 radical (unpaired) electrons. The number of anilines is 1. The molecule has 2 nitrogen and oxygen atoms in total. The molecule has 2 unspecified atom stereocenters. The van der Waals surface area contributed by atoms with Crippen molar-refractivity contribution >= 4 is 5.69 Å². The molecule has 1 aromatic rings. The maximum atomic E-state index is 5.90. The molecule has 3 rings (SSSR count). The van der Waals surface area contributed by atoms with Gasteiger partial charge in [-0.1, -0.05) is 42.5 Å². The Morgan fingerprint density at radius 1 is 1.19 bits per heavy atom. The van der Waals surface area contributed by atoms with Crippen molar-refractivity contribution in [2.45, 2.75) is 32.2 Å². The standard InChI is InChI=1S/C19H26N2/c1-15-18-11-4-2-7-16(18)9-6-10-17-8-3-5-12-19(17)21(15)14-13-20/h2-5,7-8,11-12,15-16,18H,6,9-10,13-14,20H2,1H3/t15?,16-,18?/m0/s1. The third-order valence-corrected chi connectivity index (χ3v) is 5.00. The summed E-state index contributed by atoms with van der Waals surface area (Å²) in [5.74, 6) is 1.26. The predicted molar refractivity (Wildman–Crippen MR) is 90.5 cm³/mol. The fraction of sp³-hybridized carbons (Fsp3) is 0.474. The van der Waals surface area contributed by atoms with Crippen LogP contribution in [0, 0.1) is 11.8 Å². The highest BCUT2D eigenvalue weighted by Gasteiger charge is 2.30. The Bertz CT molecular complexity index is 532. The Hall–Kier alpha value is -1.54. The lowest BCUT2D eigenvalue weighted by Crippen LogP contribution is -2.43. The monoisotopic (exact) mass is 282 g/mol. The van der Waals surface area contributed by atoms with Crippen LogP contribution in [0.5, 0.6) is 0 Å². The third-order valence-electron chi connectivity index (χ3n) is 5.00. The number of rotatable bonds is 2. The number of allylic oxidation sites excluding steroid dienone is 3. The molecule has 0 spiro atoms. The molecule has 21 heavy (non-hydrogen) atoms. The highest BCUT2D eigenvalue weighted by molar-refractivity contribution is 5.55. The summed E-state index contributed by atoms with van der Waals surface area (Å²) in [6.07, 6.45) is 12.9. The van der Waals surface area contributed by atoms with Crippen LogP contribution in [0.4, 0.5) is 5.69 Å². The van der Waals surface area contributed by atoms with E-state index in [-0.39, 0.29) is 0 Å². The Morgan fingerprint density at radius 3 is 2.86 bits per heavy atom. The summed E-state index contributed by atoms with van der Waals surface area (Å²) >= 11 is 0. The first kappa shape index (κ1) is 14.4. The van der Waals surface area contributed by atoms with Gasteiger partial charge in [0.05, 0.1) is 0 Å². The molecule has 0 saturated carbocycles. The lowest BCUT2D eigenvalue weighted by molar-refractivity contribution is 0.370. The Morgan fingerprint density at radius 2 is 2.00 bits per heavy atom. The molecule has 2 aliphatic rings. The van der Waals surface area contributed by atoms with Crippen LogP contribution in [0.15, 0.2) is 48.6 Å². The average molecular weight is 282 g/mol. The Balaban J connectivity index is 2.00. The van der Waals surface area contributed by atoms with Crippen LogP contribution in [-0.2, 0) is 6.42 Å². The first-order valence-electron chi connectivity index (χ1n) is 8.21. The second kappa shape index (κ2) is 6.48. The summed E-state index contributed by atoms with van der Waals surface area (Å²) in [5.41, 5.74) is 8.77. The molecule has 1 aliphatic heterocycles. The third kappa shape index (κ3) is 2.91. The highest BCUT2D eigenvalue weighted by atomic mass is 15.2. The van der Waals surface area contributed by atoms with E-state index in [9.17, 15) is 0 Å². The SMILES string of the molecule is CC1C2C=CC=C[C@H]2CCCc2ccccc2N1CCN. The second-order valence-electron chi connectivity index (χ2n) is 6.25. The zero-order chi connectivity index (χ0) is 14.7. The van der Waals surface area contributed by atoms with Gasteiger partial charge in [0.25, 0.3) is 0 Å². The first-order chi connectivity index (χ1) is 10.3. The topological polar surface area (TPSA) is 29.3 Å². The van der Waals surface area contributed by atoms with Gasteiger partial charge >= 0.3 is 0 Å². The second-order valence-corrected chi connectivity index (χ2v) is 6.25. The van der Waals surface area contributed by atoms with E-state index < -0.39 is 0 Å². The number of para-hydroxylation sites is 1. The molecule has 2 N–H and O–H groups in total. The molecular formula is C19H26N2. The zero-order valence-electron chi connectivity index (χ0n) is 12.9. The molecule has 1 aromatic carbocycles. The van der Waals surface area contributed by atoms with Gasteiger partial charge < -0.3 is 10.6 Å². The molecular weight excluding hydrogens is 256 g/mol. The van der Waals surface area contributed by atoms with Gasteiger partial charge in [-0.25, -0.2) is 0 Å². The molecule has 1 aliphatic carbocycles. The smallest absolute Gasteiger partial charge is 0.0401 e. The number of hydrogen-bond donors (Lipinski definition) is 1. The summed E-state index contributed by atoms with van der Waals surface area (Å²) in [7, 11) is 0. The van der Waals surface area contributed by atoms with Gasteiger partial charge in [0.15, 0.2) is 0 Å². The fourth-order valence-corrected chi connectivity index (χ4v) is 3.90. The van der Waals surface area contributed by atoms with Crippen molar-refractivity contribution in [1.29, 1.82) is 0 Å². The molecule has 0 bridgehead atoms. The maximum absolute atomic E-state index is 5.90. The molecule has 2 heteroatoms. The van der Waals surface area contributed by atoms with Crippen LogP contribution in [0.25, 0.3) is 0 Å². The van der Waals surface area contributed by atoms with Crippen LogP contribution >= 0.6 is 0 Å². The van der Waals surface area contributed by atoms with E-state index in [1.54, 1.807) is 0 Å². The van der Waals surface area contributed by atoms with Crippen molar-refractivity contribution in [1.82, 2.24) is 0 Å². The molecule has 0 aromatic heterocycles. The van der Waals surface area contributed by atoms with Gasteiger partial charge in [-0.05, 0) is 43.7 Å². The van der Waals surface area contributed by atoms with E-state index in [4.69, 9.17) is 5.73 Å². The molecule has 0 fully saturated rings. The van der Waals surface area contributed by atoms with Crippen LogP contribution in [0.3, 0.4) is 0 Å². The van der Waals surface area contributed by atoms with Crippen LogP contribution in [0.1, 0.15) is 25.3 Å². The largest absolute Gasteiger partial charge is 0.367 e. The molecule has 0 amide bonds. The van der Waals surface area contributed by atoms with Gasteiger partial charge in [-0.2, -0.15) is 0 Å². The normalized spacial score (nSPS) is 28.3. The molecule has 1 heterocycles. The van der Waals surface area contributed by atoms with Crippen molar-refractivity contribution in [3.8, 4) is 0 Å². The molecule has 3 atom stereocenters. The number of nitrogens with two attached hydrogens (primary N) is 1. The Kier molecular flexibility index (Phi) is 4.45. The van der Waals surface area contributed by atoms with Crippen molar-refractivity contribution in [2.24, 2.45) is 17.6 Å². The number of fused-ring (bicyclic) bond motifs is 2. The van der Waals surface area contributed by atoms with Crippen molar-refractivity contribution in [3.63, 3.8) is 0 Å². The van der Waals surface area contributed by atoms with Gasteiger partial charge in [0, 0.05) is 30.7 Å². The minimum Gasteiger partial charge on any atom is -0.367 e. The lowest BCUT2D eigenvalue weighted by Gasteiger charge is -2.38. The number of aryl methyl sites for hydroxylation is 1. The highest BCUT2D eigenvalue weighted by Crippen LogP contribution is 2.35. The lowest BCUT2D eigenvalue weighted by atomic mass is 9.80. The van der Waals surface area contributed by atoms with E-state index in [2.05, 4.69) is 60.4 Å². The minimum absolute atomic E-state index is 0.485. The van der Waals surface area contributed by atoms with Gasteiger partial charge in [-0.3, -0.25) is 0 Å². The predicted octanol–water partition coefficient (Wildman–Crippen LogP) is 3.53. The quantitative estimate of drug-likeness (QED) is 0.899.